The summed E-state index contributed by atoms with van der Waals surface area (Å²) in [5.41, 5.74) is 2.49. The highest BCUT2D eigenvalue weighted by molar-refractivity contribution is 14.0. The van der Waals surface area contributed by atoms with Crippen LogP contribution in [0.2, 0.25) is 0 Å². The Bertz CT molecular complexity index is 929. The number of ether oxygens (including phenoxy) is 1. The SMILES string of the molecule is CCNC(=NCc1ccc(-n2ccnc2)c(F)c1)NCCc1ccc(OC)cc1.I. The summed E-state index contributed by atoms with van der Waals surface area (Å²) < 4.78 is 21.2. The molecule has 0 saturated carbocycles. The van der Waals surface area contributed by atoms with Crippen LogP contribution in [-0.4, -0.2) is 35.7 Å². The average molecular weight is 523 g/mol. The van der Waals surface area contributed by atoms with Crippen LogP contribution in [0.1, 0.15) is 18.1 Å². The van der Waals surface area contributed by atoms with Crippen LogP contribution in [0.15, 0.2) is 66.2 Å². The number of aliphatic imine (C=N–C) groups is 1. The second-order valence-corrected chi connectivity index (χ2v) is 6.48. The minimum atomic E-state index is -0.298. The van der Waals surface area contributed by atoms with Gasteiger partial charge in [-0.05, 0) is 48.7 Å². The lowest BCUT2D eigenvalue weighted by Gasteiger charge is -2.12. The molecule has 2 N–H and O–H groups in total. The molecule has 3 aromatic rings. The number of benzene rings is 2. The fourth-order valence-electron chi connectivity index (χ4n) is 2.89. The van der Waals surface area contributed by atoms with Crippen LogP contribution in [0.3, 0.4) is 0 Å². The lowest BCUT2D eigenvalue weighted by molar-refractivity contribution is 0.414. The maximum absolute atomic E-state index is 14.4. The Morgan fingerprint density at radius 2 is 1.90 bits per heavy atom. The van der Waals surface area contributed by atoms with Gasteiger partial charge in [-0.2, -0.15) is 0 Å². The summed E-state index contributed by atoms with van der Waals surface area (Å²) >= 11 is 0. The van der Waals surface area contributed by atoms with Gasteiger partial charge in [0.25, 0.3) is 0 Å². The van der Waals surface area contributed by atoms with Gasteiger partial charge in [0.2, 0.25) is 0 Å². The van der Waals surface area contributed by atoms with Gasteiger partial charge in [0.15, 0.2) is 5.96 Å². The molecule has 0 fully saturated rings. The zero-order valence-electron chi connectivity index (χ0n) is 17.1. The number of aromatic nitrogens is 2. The fourth-order valence-corrected chi connectivity index (χ4v) is 2.89. The molecule has 0 aliphatic rings. The van der Waals surface area contributed by atoms with Gasteiger partial charge in [0.05, 0.1) is 25.7 Å². The number of guanidine groups is 1. The Kier molecular flexibility index (Phi) is 9.59. The fraction of sp³-hybridized carbons (Fsp3) is 0.273. The Labute approximate surface area is 193 Å². The summed E-state index contributed by atoms with van der Waals surface area (Å²) in [4.78, 5) is 8.52. The van der Waals surface area contributed by atoms with Crippen LogP contribution in [0.25, 0.3) is 5.69 Å². The Balaban J connectivity index is 0.00000320. The second kappa shape index (κ2) is 12.2. The van der Waals surface area contributed by atoms with E-state index in [0.717, 1.165) is 30.8 Å². The molecule has 160 valence electrons. The summed E-state index contributed by atoms with van der Waals surface area (Å²) in [5, 5.41) is 6.54. The summed E-state index contributed by atoms with van der Waals surface area (Å²) in [6.45, 7) is 3.90. The van der Waals surface area contributed by atoms with E-state index in [0.29, 0.717) is 18.2 Å². The quantitative estimate of drug-likeness (QED) is 0.267. The topological polar surface area (TPSA) is 63.5 Å². The molecule has 0 saturated heterocycles. The van der Waals surface area contributed by atoms with Crippen molar-refractivity contribution in [3.63, 3.8) is 0 Å². The third kappa shape index (κ3) is 6.72. The maximum atomic E-state index is 14.4. The van der Waals surface area contributed by atoms with Crippen molar-refractivity contribution >= 4 is 29.9 Å². The largest absolute Gasteiger partial charge is 0.497 e. The van der Waals surface area contributed by atoms with Crippen molar-refractivity contribution in [1.29, 1.82) is 0 Å². The molecule has 6 nitrogen and oxygen atoms in total. The van der Waals surface area contributed by atoms with E-state index in [4.69, 9.17) is 4.74 Å². The normalized spacial score (nSPS) is 11.0. The van der Waals surface area contributed by atoms with E-state index in [9.17, 15) is 4.39 Å². The number of hydrogen-bond acceptors (Lipinski definition) is 3. The molecule has 0 atom stereocenters. The molecule has 0 bridgehead atoms. The van der Waals surface area contributed by atoms with Gasteiger partial charge in [0.1, 0.15) is 11.6 Å². The van der Waals surface area contributed by atoms with Crippen LogP contribution in [0.4, 0.5) is 4.39 Å². The van der Waals surface area contributed by atoms with Crippen LogP contribution >= 0.6 is 24.0 Å². The highest BCUT2D eigenvalue weighted by atomic mass is 127. The molecule has 0 spiro atoms. The molecule has 0 amide bonds. The molecule has 1 aromatic heterocycles. The summed E-state index contributed by atoms with van der Waals surface area (Å²) in [6, 6.07) is 13.1. The van der Waals surface area contributed by atoms with Crippen molar-refractivity contribution in [3.05, 3.63) is 78.1 Å². The van der Waals surface area contributed by atoms with Crippen molar-refractivity contribution in [2.24, 2.45) is 4.99 Å². The number of nitrogens with one attached hydrogen (secondary N) is 2. The minimum absolute atomic E-state index is 0. The molecular formula is C22H27FIN5O. The summed E-state index contributed by atoms with van der Waals surface area (Å²) in [5.74, 6) is 1.26. The number of nitrogens with zero attached hydrogens (tertiary/aromatic N) is 3. The summed E-state index contributed by atoms with van der Waals surface area (Å²) in [7, 11) is 1.66. The standard InChI is InChI=1S/C22H26FN5O.HI/c1-3-25-22(26-11-10-17-4-7-19(29-2)8-5-17)27-15-18-6-9-21(20(23)14-18)28-13-12-24-16-28;/h4-9,12-14,16H,3,10-11,15H2,1-2H3,(H2,25,26,27);1H. The summed E-state index contributed by atoms with van der Waals surface area (Å²) in [6.07, 6.45) is 5.78. The number of hydrogen-bond donors (Lipinski definition) is 2. The molecule has 2 aromatic carbocycles. The first-order chi connectivity index (χ1) is 14.2. The third-order valence-electron chi connectivity index (χ3n) is 4.42. The monoisotopic (exact) mass is 523 g/mol. The van der Waals surface area contributed by atoms with Crippen LogP contribution < -0.4 is 15.4 Å². The molecule has 0 radical (unpaired) electrons. The lowest BCUT2D eigenvalue weighted by atomic mass is 10.1. The third-order valence-corrected chi connectivity index (χ3v) is 4.42. The molecule has 0 aliphatic heterocycles. The van der Waals surface area contributed by atoms with Gasteiger partial charge in [0, 0.05) is 25.5 Å². The molecule has 1 heterocycles. The first kappa shape index (κ1) is 23.7. The Morgan fingerprint density at radius 1 is 1.13 bits per heavy atom. The molecule has 0 unspecified atom stereocenters. The lowest BCUT2D eigenvalue weighted by Crippen LogP contribution is -2.38. The van der Waals surface area contributed by atoms with Crippen LogP contribution in [-0.2, 0) is 13.0 Å². The van der Waals surface area contributed by atoms with Gasteiger partial charge in [-0.25, -0.2) is 14.4 Å². The van der Waals surface area contributed by atoms with E-state index in [1.165, 1.54) is 11.6 Å². The Morgan fingerprint density at radius 3 is 2.53 bits per heavy atom. The van der Waals surface area contributed by atoms with E-state index in [-0.39, 0.29) is 29.8 Å². The molecule has 3 rings (SSSR count). The predicted molar refractivity (Wildman–Crippen MR) is 128 cm³/mol. The maximum Gasteiger partial charge on any atom is 0.191 e. The molecule has 30 heavy (non-hydrogen) atoms. The first-order valence-corrected chi connectivity index (χ1v) is 9.61. The van der Waals surface area contributed by atoms with E-state index < -0.39 is 0 Å². The smallest absolute Gasteiger partial charge is 0.191 e. The number of methoxy groups -OCH3 is 1. The number of halogens is 2. The zero-order valence-corrected chi connectivity index (χ0v) is 19.5. The van der Waals surface area contributed by atoms with Gasteiger partial charge in [-0.3, -0.25) is 0 Å². The van der Waals surface area contributed by atoms with E-state index in [1.54, 1.807) is 36.5 Å². The van der Waals surface area contributed by atoms with Crippen LogP contribution in [0, 0.1) is 5.82 Å². The van der Waals surface area contributed by atoms with E-state index >= 15 is 0 Å². The van der Waals surface area contributed by atoms with Crippen LogP contribution in [0.5, 0.6) is 5.75 Å². The van der Waals surface area contributed by atoms with Crippen molar-refractivity contribution in [1.82, 2.24) is 20.2 Å². The Hall–Kier alpha value is -2.62. The highest BCUT2D eigenvalue weighted by Gasteiger charge is 2.06. The first-order valence-electron chi connectivity index (χ1n) is 9.61. The second-order valence-electron chi connectivity index (χ2n) is 6.48. The van der Waals surface area contributed by atoms with Crippen molar-refractivity contribution in [2.75, 3.05) is 20.2 Å². The van der Waals surface area contributed by atoms with Gasteiger partial charge in [-0.15, -0.1) is 24.0 Å². The van der Waals surface area contributed by atoms with Crippen molar-refractivity contribution in [3.8, 4) is 11.4 Å². The minimum Gasteiger partial charge on any atom is -0.497 e. The predicted octanol–water partition coefficient (Wildman–Crippen LogP) is 3.94. The van der Waals surface area contributed by atoms with Gasteiger partial charge < -0.3 is 19.9 Å². The number of rotatable bonds is 8. The number of imidazole rings is 1. The van der Waals surface area contributed by atoms with Gasteiger partial charge >= 0.3 is 0 Å². The zero-order chi connectivity index (χ0) is 20.5. The molecule has 8 heteroatoms. The average Bonchev–Trinajstić information content (AvgIpc) is 3.27. The van der Waals surface area contributed by atoms with E-state index in [2.05, 4.69) is 32.7 Å². The van der Waals surface area contributed by atoms with Gasteiger partial charge in [-0.1, -0.05) is 18.2 Å². The molecular weight excluding hydrogens is 496 g/mol. The highest BCUT2D eigenvalue weighted by Crippen LogP contribution is 2.15. The van der Waals surface area contributed by atoms with E-state index in [1.807, 2.05) is 25.1 Å². The molecule has 0 aliphatic carbocycles. The van der Waals surface area contributed by atoms with Crippen molar-refractivity contribution in [2.45, 2.75) is 19.9 Å². The van der Waals surface area contributed by atoms with Crippen molar-refractivity contribution < 1.29 is 9.13 Å².